The van der Waals surface area contributed by atoms with Crippen molar-refractivity contribution >= 4 is 11.8 Å². The van der Waals surface area contributed by atoms with E-state index in [4.69, 9.17) is 19.7 Å². The van der Waals surface area contributed by atoms with Crippen LogP contribution in [0.5, 0.6) is 11.5 Å². The number of rotatable bonds is 3. The fourth-order valence-electron chi connectivity index (χ4n) is 3.73. The molecule has 4 rings (SSSR count). The molecule has 2 N–H and O–H groups in total. The third kappa shape index (κ3) is 2.98. The molecule has 2 aromatic rings. The molecular weight excluding hydrogens is 334 g/mol. The van der Waals surface area contributed by atoms with Crippen molar-refractivity contribution in [1.82, 2.24) is 10.1 Å². The largest absolute Gasteiger partial charge is 0.485 e. The second kappa shape index (κ2) is 6.90. The van der Waals surface area contributed by atoms with Crippen LogP contribution in [0.3, 0.4) is 0 Å². The summed E-state index contributed by atoms with van der Waals surface area (Å²) in [6.07, 6.45) is 1.90. The average molecular weight is 357 g/mol. The van der Waals surface area contributed by atoms with Gasteiger partial charge >= 0.3 is 0 Å². The summed E-state index contributed by atoms with van der Waals surface area (Å²) in [7, 11) is 0. The van der Waals surface area contributed by atoms with E-state index in [0.717, 1.165) is 30.5 Å². The topological polar surface area (TPSA) is 90.8 Å². The van der Waals surface area contributed by atoms with Crippen molar-refractivity contribution in [2.24, 2.45) is 0 Å². The van der Waals surface area contributed by atoms with Crippen molar-refractivity contribution in [1.29, 1.82) is 0 Å². The number of fused-ring (bicyclic) bond motifs is 1. The first-order valence-electron chi connectivity index (χ1n) is 9.08. The molecule has 0 spiro atoms. The number of piperidine rings is 1. The summed E-state index contributed by atoms with van der Waals surface area (Å²) in [6, 6.07) is 7.42. The minimum absolute atomic E-state index is 0.0201. The summed E-state index contributed by atoms with van der Waals surface area (Å²) < 4.78 is 16.7. The molecule has 0 bridgehead atoms. The Morgan fingerprint density at radius 2 is 2.00 bits per heavy atom. The minimum atomic E-state index is -0.588. The number of hydrogen-bond acceptors (Lipinski definition) is 6. The summed E-state index contributed by atoms with van der Waals surface area (Å²) in [5.74, 6) is 1.98. The van der Waals surface area contributed by atoms with Gasteiger partial charge in [-0.2, -0.15) is 0 Å². The molecule has 1 aromatic carbocycles. The van der Waals surface area contributed by atoms with Gasteiger partial charge in [0.1, 0.15) is 6.61 Å². The zero-order valence-electron chi connectivity index (χ0n) is 14.8. The van der Waals surface area contributed by atoms with E-state index in [1.165, 1.54) is 0 Å². The number of benzene rings is 1. The van der Waals surface area contributed by atoms with E-state index in [2.05, 4.69) is 5.16 Å². The summed E-state index contributed by atoms with van der Waals surface area (Å²) in [5.41, 5.74) is 7.79. The van der Waals surface area contributed by atoms with Crippen LogP contribution in [0.4, 0.5) is 5.88 Å². The molecule has 2 aliphatic heterocycles. The number of nitrogens with zero attached hydrogens (tertiary/aromatic N) is 2. The number of carbonyl (C=O) groups excluding carboxylic acids is 1. The Labute approximate surface area is 152 Å². The van der Waals surface area contributed by atoms with Crippen molar-refractivity contribution in [3.05, 3.63) is 35.5 Å². The highest BCUT2D eigenvalue weighted by Crippen LogP contribution is 2.34. The molecule has 0 radical (unpaired) electrons. The quantitative estimate of drug-likeness (QED) is 0.907. The number of para-hydroxylation sites is 2. The third-order valence-electron chi connectivity index (χ3n) is 5.18. The lowest BCUT2D eigenvalue weighted by molar-refractivity contribution is -0.142. The Balaban J connectivity index is 1.38. The number of likely N-dealkylation sites (tertiary alicyclic amines) is 1. The highest BCUT2D eigenvalue weighted by atomic mass is 16.6. The van der Waals surface area contributed by atoms with Crippen LogP contribution in [-0.4, -0.2) is 41.8 Å². The van der Waals surface area contributed by atoms with E-state index in [1.807, 2.05) is 36.1 Å². The molecule has 1 atom stereocenters. The molecule has 1 aromatic heterocycles. The Bertz CT molecular complexity index is 796. The van der Waals surface area contributed by atoms with Gasteiger partial charge in [0.2, 0.25) is 12.0 Å². The summed E-state index contributed by atoms with van der Waals surface area (Å²) in [5, 5.41) is 4.15. The number of anilines is 1. The Morgan fingerprint density at radius 1 is 1.27 bits per heavy atom. The van der Waals surface area contributed by atoms with Crippen molar-refractivity contribution in [3.63, 3.8) is 0 Å². The molecule has 7 nitrogen and oxygen atoms in total. The van der Waals surface area contributed by atoms with E-state index < -0.39 is 6.10 Å². The van der Waals surface area contributed by atoms with Crippen LogP contribution < -0.4 is 15.2 Å². The van der Waals surface area contributed by atoms with E-state index in [0.29, 0.717) is 30.5 Å². The van der Waals surface area contributed by atoms with Crippen molar-refractivity contribution in [3.8, 4) is 11.5 Å². The highest BCUT2D eigenvalue weighted by molar-refractivity contribution is 5.82. The van der Waals surface area contributed by atoms with E-state index >= 15 is 0 Å². The molecule has 2 aliphatic rings. The monoisotopic (exact) mass is 357 g/mol. The maximum Gasteiger partial charge on any atom is 0.267 e. The number of nitrogens with two attached hydrogens (primary N) is 1. The van der Waals surface area contributed by atoms with Gasteiger partial charge in [0.05, 0.1) is 5.69 Å². The molecular formula is C19H23N3O4. The fourth-order valence-corrected chi connectivity index (χ4v) is 3.73. The first kappa shape index (κ1) is 16.8. The number of carbonyl (C=O) groups is 1. The van der Waals surface area contributed by atoms with Gasteiger partial charge in [-0.05, 0) is 31.4 Å². The van der Waals surface area contributed by atoms with Crippen LogP contribution in [0, 0.1) is 0 Å². The zero-order chi connectivity index (χ0) is 18.1. The number of ether oxygens (including phenoxy) is 2. The minimum Gasteiger partial charge on any atom is -0.485 e. The molecule has 3 heterocycles. The van der Waals surface area contributed by atoms with Gasteiger partial charge in [-0.3, -0.25) is 4.79 Å². The summed E-state index contributed by atoms with van der Waals surface area (Å²) >= 11 is 0. The van der Waals surface area contributed by atoms with Crippen molar-refractivity contribution < 1.29 is 18.8 Å². The van der Waals surface area contributed by atoms with Crippen LogP contribution in [-0.2, 0) is 11.2 Å². The van der Waals surface area contributed by atoms with Crippen molar-refractivity contribution in [2.45, 2.75) is 38.2 Å². The maximum absolute atomic E-state index is 12.8. The second-order valence-electron chi connectivity index (χ2n) is 6.73. The SMILES string of the molecule is CCc1c(C2CCN(C(=O)[C@@H]3COc4ccccc4O3)CC2)noc1N. The predicted molar refractivity (Wildman–Crippen MR) is 95.2 cm³/mol. The van der Waals surface area contributed by atoms with Gasteiger partial charge in [0.25, 0.3) is 5.91 Å². The summed E-state index contributed by atoms with van der Waals surface area (Å²) in [6.45, 7) is 3.63. The highest BCUT2D eigenvalue weighted by Gasteiger charge is 2.34. The van der Waals surface area contributed by atoms with Crippen LogP contribution in [0.15, 0.2) is 28.8 Å². The van der Waals surface area contributed by atoms with Gasteiger partial charge in [0.15, 0.2) is 11.5 Å². The zero-order valence-corrected chi connectivity index (χ0v) is 14.8. The first-order chi connectivity index (χ1) is 12.7. The molecule has 0 aliphatic carbocycles. The Kier molecular flexibility index (Phi) is 4.44. The number of hydrogen-bond donors (Lipinski definition) is 1. The lowest BCUT2D eigenvalue weighted by atomic mass is 9.90. The van der Waals surface area contributed by atoms with Gasteiger partial charge < -0.3 is 24.6 Å². The molecule has 1 saturated heterocycles. The maximum atomic E-state index is 12.8. The molecule has 26 heavy (non-hydrogen) atoms. The van der Waals surface area contributed by atoms with Crippen LogP contribution in [0.25, 0.3) is 0 Å². The second-order valence-corrected chi connectivity index (χ2v) is 6.73. The van der Waals surface area contributed by atoms with E-state index in [-0.39, 0.29) is 18.4 Å². The standard InChI is InChI=1S/C19H23N3O4/c1-2-13-17(21-26-18(13)20)12-7-9-22(10-8-12)19(23)16-11-24-14-5-3-4-6-15(14)25-16/h3-6,12,16H,2,7-11,20H2,1H3/t16-/m0/s1. The molecule has 7 heteroatoms. The molecule has 0 saturated carbocycles. The lowest BCUT2D eigenvalue weighted by Crippen LogP contribution is -2.48. The van der Waals surface area contributed by atoms with Gasteiger partial charge in [0, 0.05) is 24.6 Å². The average Bonchev–Trinajstić information content (AvgIpc) is 3.07. The Morgan fingerprint density at radius 3 is 2.73 bits per heavy atom. The fraction of sp³-hybridized carbons (Fsp3) is 0.474. The van der Waals surface area contributed by atoms with E-state index in [1.54, 1.807) is 0 Å². The van der Waals surface area contributed by atoms with Crippen LogP contribution in [0.2, 0.25) is 0 Å². The molecule has 0 unspecified atom stereocenters. The lowest BCUT2D eigenvalue weighted by Gasteiger charge is -2.35. The van der Waals surface area contributed by atoms with Crippen molar-refractivity contribution in [2.75, 3.05) is 25.4 Å². The predicted octanol–water partition coefficient (Wildman–Crippen LogP) is 2.37. The Hall–Kier alpha value is -2.70. The number of amides is 1. The third-order valence-corrected chi connectivity index (χ3v) is 5.18. The molecule has 1 fully saturated rings. The number of nitrogen functional groups attached to an aromatic ring is 1. The van der Waals surface area contributed by atoms with Gasteiger partial charge in [-0.15, -0.1) is 0 Å². The normalized spacial score (nSPS) is 20.2. The molecule has 1 amide bonds. The van der Waals surface area contributed by atoms with E-state index in [9.17, 15) is 4.79 Å². The first-order valence-corrected chi connectivity index (χ1v) is 9.08. The molecule has 138 valence electrons. The summed E-state index contributed by atoms with van der Waals surface area (Å²) in [4.78, 5) is 14.7. The van der Waals surface area contributed by atoms with Crippen LogP contribution >= 0.6 is 0 Å². The smallest absolute Gasteiger partial charge is 0.267 e. The van der Waals surface area contributed by atoms with Gasteiger partial charge in [-0.25, -0.2) is 0 Å². The number of aromatic nitrogens is 1. The van der Waals surface area contributed by atoms with Gasteiger partial charge in [-0.1, -0.05) is 24.2 Å². The van der Waals surface area contributed by atoms with Crippen LogP contribution in [0.1, 0.15) is 36.9 Å².